The van der Waals surface area contributed by atoms with Crippen LogP contribution >= 0.6 is 11.6 Å². The zero-order valence-electron chi connectivity index (χ0n) is 11.2. The third-order valence-corrected chi connectivity index (χ3v) is 4.62. The van der Waals surface area contributed by atoms with E-state index in [1.54, 1.807) is 25.1 Å². The minimum Gasteiger partial charge on any atom is -0.361 e. The van der Waals surface area contributed by atoms with E-state index < -0.39 is 10.0 Å². The zero-order valence-corrected chi connectivity index (χ0v) is 12.8. The molecule has 108 valence electrons. The Kier molecular flexibility index (Phi) is 4.47. The molecule has 0 fully saturated rings. The van der Waals surface area contributed by atoms with Crippen LogP contribution in [0.1, 0.15) is 17.0 Å². The van der Waals surface area contributed by atoms with Crippen LogP contribution in [0, 0.1) is 13.8 Å². The summed E-state index contributed by atoms with van der Waals surface area (Å²) in [6.45, 7) is 3.78. The molecule has 0 aliphatic rings. The summed E-state index contributed by atoms with van der Waals surface area (Å²) in [6, 6.07) is 6.56. The van der Waals surface area contributed by atoms with Crippen molar-refractivity contribution in [1.82, 2.24) is 9.88 Å². The van der Waals surface area contributed by atoms with E-state index in [0.29, 0.717) is 22.8 Å². The predicted molar refractivity (Wildman–Crippen MR) is 76.3 cm³/mol. The highest BCUT2D eigenvalue weighted by Crippen LogP contribution is 2.19. The van der Waals surface area contributed by atoms with Gasteiger partial charge >= 0.3 is 0 Å². The second-order valence-electron chi connectivity index (χ2n) is 4.49. The molecule has 20 heavy (non-hydrogen) atoms. The summed E-state index contributed by atoms with van der Waals surface area (Å²) in [5.41, 5.74) is 1.42. The maximum Gasteiger partial charge on any atom is 0.240 e. The molecule has 5 nitrogen and oxygen atoms in total. The number of aromatic nitrogens is 1. The number of aryl methyl sites for hydroxylation is 2. The summed E-state index contributed by atoms with van der Waals surface area (Å²) < 4.78 is 31.9. The lowest BCUT2D eigenvalue weighted by molar-refractivity contribution is 0.379. The lowest BCUT2D eigenvalue weighted by atomic mass is 10.2. The molecular weight excluding hydrogens is 300 g/mol. The van der Waals surface area contributed by atoms with E-state index in [9.17, 15) is 8.42 Å². The van der Waals surface area contributed by atoms with Crippen LogP contribution in [-0.4, -0.2) is 20.1 Å². The van der Waals surface area contributed by atoms with Gasteiger partial charge in [-0.05, 0) is 31.5 Å². The summed E-state index contributed by atoms with van der Waals surface area (Å²) in [5, 5.41) is 4.14. The number of nitrogens with zero attached hydrogens (tertiary/aromatic N) is 1. The lowest BCUT2D eigenvalue weighted by Gasteiger charge is -2.09. The second-order valence-corrected chi connectivity index (χ2v) is 6.66. The van der Waals surface area contributed by atoms with Crippen LogP contribution in [0.5, 0.6) is 0 Å². The van der Waals surface area contributed by atoms with Crippen LogP contribution in [0.2, 0.25) is 5.02 Å². The van der Waals surface area contributed by atoms with Gasteiger partial charge in [-0.1, -0.05) is 22.8 Å². The average Bonchev–Trinajstić information content (AvgIpc) is 2.78. The van der Waals surface area contributed by atoms with Gasteiger partial charge in [0, 0.05) is 24.1 Å². The van der Waals surface area contributed by atoms with E-state index in [4.69, 9.17) is 16.1 Å². The normalized spacial score (nSPS) is 11.8. The highest BCUT2D eigenvalue weighted by atomic mass is 35.5. The van der Waals surface area contributed by atoms with Gasteiger partial charge in [0.2, 0.25) is 10.0 Å². The lowest BCUT2D eigenvalue weighted by Crippen LogP contribution is -2.26. The van der Waals surface area contributed by atoms with E-state index in [-0.39, 0.29) is 11.4 Å². The fraction of sp³-hybridized carbons (Fsp3) is 0.308. The van der Waals surface area contributed by atoms with Gasteiger partial charge in [0.1, 0.15) is 5.76 Å². The molecule has 2 rings (SSSR count). The maximum atomic E-state index is 12.2. The molecule has 7 heteroatoms. The molecule has 0 saturated carbocycles. The summed E-state index contributed by atoms with van der Waals surface area (Å²) in [4.78, 5) is 0.193. The fourth-order valence-electron chi connectivity index (χ4n) is 1.78. The van der Waals surface area contributed by atoms with Crippen molar-refractivity contribution < 1.29 is 12.9 Å². The molecule has 0 aliphatic carbocycles. The monoisotopic (exact) mass is 314 g/mol. The Hall–Kier alpha value is -1.37. The van der Waals surface area contributed by atoms with Crippen molar-refractivity contribution in [3.05, 3.63) is 46.3 Å². The number of sulfonamides is 1. The Bertz CT molecular complexity index is 710. The Balaban J connectivity index is 2.06. The molecule has 0 atom stereocenters. The van der Waals surface area contributed by atoms with Crippen LogP contribution in [0.4, 0.5) is 0 Å². The first-order valence-electron chi connectivity index (χ1n) is 6.06. The van der Waals surface area contributed by atoms with Crippen LogP contribution in [0.3, 0.4) is 0 Å². The first kappa shape index (κ1) is 15.0. The molecule has 0 aliphatic heterocycles. The van der Waals surface area contributed by atoms with Gasteiger partial charge in [-0.25, -0.2) is 13.1 Å². The third kappa shape index (κ3) is 3.59. The second kappa shape index (κ2) is 5.95. The Labute approximate surface area is 123 Å². The number of benzene rings is 1. The Morgan fingerprint density at radius 3 is 2.70 bits per heavy atom. The van der Waals surface area contributed by atoms with Gasteiger partial charge in [0.05, 0.1) is 10.6 Å². The average molecular weight is 315 g/mol. The number of rotatable bonds is 5. The highest BCUT2D eigenvalue weighted by Gasteiger charge is 2.17. The van der Waals surface area contributed by atoms with Gasteiger partial charge in [0.25, 0.3) is 0 Å². The van der Waals surface area contributed by atoms with E-state index in [1.807, 2.05) is 6.92 Å². The van der Waals surface area contributed by atoms with Crippen LogP contribution in [-0.2, 0) is 16.4 Å². The molecule has 0 bridgehead atoms. The van der Waals surface area contributed by atoms with Crippen molar-refractivity contribution in [3.63, 3.8) is 0 Å². The first-order chi connectivity index (χ1) is 9.38. The molecule has 0 unspecified atom stereocenters. The number of halogens is 1. The SMILES string of the molecule is Cc1cc(CCNS(=O)(=O)c2cc(Cl)ccc2C)on1. The molecule has 0 saturated heterocycles. The molecule has 1 heterocycles. The van der Waals surface area contributed by atoms with Crippen LogP contribution in [0.15, 0.2) is 33.7 Å². The highest BCUT2D eigenvalue weighted by molar-refractivity contribution is 7.89. The van der Waals surface area contributed by atoms with Gasteiger partial charge in [-0.15, -0.1) is 0 Å². The first-order valence-corrected chi connectivity index (χ1v) is 7.92. The van der Waals surface area contributed by atoms with Crippen molar-refractivity contribution in [3.8, 4) is 0 Å². The number of nitrogens with one attached hydrogen (secondary N) is 1. The molecular formula is C13H15ClN2O3S. The quantitative estimate of drug-likeness (QED) is 0.920. The zero-order chi connectivity index (χ0) is 14.8. The predicted octanol–water partition coefficient (Wildman–Crippen LogP) is 2.47. The van der Waals surface area contributed by atoms with Crippen molar-refractivity contribution in [2.24, 2.45) is 0 Å². The Morgan fingerprint density at radius 2 is 2.05 bits per heavy atom. The number of hydrogen-bond donors (Lipinski definition) is 1. The van der Waals surface area contributed by atoms with E-state index in [1.165, 1.54) is 6.07 Å². The van der Waals surface area contributed by atoms with E-state index in [2.05, 4.69) is 9.88 Å². The van der Waals surface area contributed by atoms with Crippen molar-refractivity contribution >= 4 is 21.6 Å². The van der Waals surface area contributed by atoms with Gasteiger partial charge in [0.15, 0.2) is 0 Å². The minimum absolute atomic E-state index is 0.193. The topological polar surface area (TPSA) is 72.2 Å². The van der Waals surface area contributed by atoms with E-state index >= 15 is 0 Å². The van der Waals surface area contributed by atoms with Crippen molar-refractivity contribution in [2.75, 3.05) is 6.54 Å². The summed E-state index contributed by atoms with van der Waals surface area (Å²) in [5.74, 6) is 0.646. The fourth-order valence-corrected chi connectivity index (χ4v) is 3.32. The standard InChI is InChI=1S/C13H15ClN2O3S/c1-9-3-4-11(14)8-13(9)20(17,18)15-6-5-12-7-10(2)16-19-12/h3-4,7-8,15H,5-6H2,1-2H3. The molecule has 1 N–H and O–H groups in total. The van der Waals surface area contributed by atoms with Gasteiger partial charge < -0.3 is 4.52 Å². The molecule has 2 aromatic rings. The summed E-state index contributed by atoms with van der Waals surface area (Å²) >= 11 is 5.84. The third-order valence-electron chi connectivity index (χ3n) is 2.78. The van der Waals surface area contributed by atoms with Crippen LogP contribution in [0.25, 0.3) is 0 Å². The Morgan fingerprint density at radius 1 is 1.30 bits per heavy atom. The van der Waals surface area contributed by atoms with Gasteiger partial charge in [-0.3, -0.25) is 0 Å². The molecule has 0 amide bonds. The molecule has 1 aromatic heterocycles. The smallest absolute Gasteiger partial charge is 0.240 e. The van der Waals surface area contributed by atoms with E-state index in [0.717, 1.165) is 5.69 Å². The van der Waals surface area contributed by atoms with Crippen LogP contribution < -0.4 is 4.72 Å². The minimum atomic E-state index is -3.57. The maximum absolute atomic E-state index is 12.2. The molecule has 1 aromatic carbocycles. The summed E-state index contributed by atoms with van der Waals surface area (Å²) in [7, 11) is -3.57. The molecule has 0 spiro atoms. The largest absolute Gasteiger partial charge is 0.361 e. The van der Waals surface area contributed by atoms with Gasteiger partial charge in [-0.2, -0.15) is 0 Å². The van der Waals surface area contributed by atoms with Crippen molar-refractivity contribution in [2.45, 2.75) is 25.2 Å². The summed E-state index contributed by atoms with van der Waals surface area (Å²) in [6.07, 6.45) is 0.444. The molecule has 0 radical (unpaired) electrons. The van der Waals surface area contributed by atoms with Crippen molar-refractivity contribution in [1.29, 1.82) is 0 Å². The number of hydrogen-bond acceptors (Lipinski definition) is 4.